The van der Waals surface area contributed by atoms with Crippen LogP contribution < -0.4 is 0 Å². The largest absolute Gasteiger partial charge is 0.384 e. The highest BCUT2D eigenvalue weighted by molar-refractivity contribution is 4.91. The van der Waals surface area contributed by atoms with Crippen LogP contribution >= 0.6 is 0 Å². The van der Waals surface area contributed by atoms with E-state index in [1.807, 2.05) is 7.11 Å². The lowest BCUT2D eigenvalue weighted by atomic mass is 9.66. The zero-order valence-electron chi connectivity index (χ0n) is 11.8. The van der Waals surface area contributed by atoms with Crippen molar-refractivity contribution >= 4 is 0 Å². The van der Waals surface area contributed by atoms with Gasteiger partial charge in [0.25, 0.3) is 0 Å². The summed E-state index contributed by atoms with van der Waals surface area (Å²) in [6.07, 6.45) is 6.25. The number of hydrogen-bond acceptors (Lipinski definition) is 2. The second kappa shape index (κ2) is 5.71. The smallest absolute Gasteiger partial charge is 0.0640 e. The van der Waals surface area contributed by atoms with Crippen molar-refractivity contribution in [2.24, 2.45) is 23.7 Å². The number of fused-ring (bicyclic) bond motifs is 1. The van der Waals surface area contributed by atoms with Crippen molar-refractivity contribution < 1.29 is 9.47 Å². The maximum absolute atomic E-state index is 6.29. The van der Waals surface area contributed by atoms with Gasteiger partial charge in [0.15, 0.2) is 0 Å². The molecule has 0 radical (unpaired) electrons. The first-order valence-corrected chi connectivity index (χ1v) is 7.27. The summed E-state index contributed by atoms with van der Waals surface area (Å²) in [5.74, 6) is 2.98. The minimum absolute atomic E-state index is 0.457. The van der Waals surface area contributed by atoms with Gasteiger partial charge in [-0.25, -0.2) is 0 Å². The molecular formula is C15H28O2. The molecule has 0 amide bonds. The molecule has 0 spiro atoms. The van der Waals surface area contributed by atoms with Gasteiger partial charge in [0.05, 0.1) is 12.2 Å². The highest BCUT2D eigenvalue weighted by Gasteiger charge is 2.43. The van der Waals surface area contributed by atoms with Crippen molar-refractivity contribution in [3.8, 4) is 0 Å². The van der Waals surface area contributed by atoms with Crippen LogP contribution in [0.4, 0.5) is 0 Å². The zero-order chi connectivity index (χ0) is 12.4. The van der Waals surface area contributed by atoms with Gasteiger partial charge >= 0.3 is 0 Å². The molecule has 0 aromatic rings. The van der Waals surface area contributed by atoms with Gasteiger partial charge in [0.2, 0.25) is 0 Å². The summed E-state index contributed by atoms with van der Waals surface area (Å²) >= 11 is 0. The number of rotatable bonds is 3. The molecule has 2 fully saturated rings. The predicted octanol–water partition coefficient (Wildman–Crippen LogP) is 3.50. The predicted molar refractivity (Wildman–Crippen MR) is 70.0 cm³/mol. The number of ether oxygens (including phenoxy) is 2. The van der Waals surface area contributed by atoms with Crippen LogP contribution in [0, 0.1) is 23.7 Å². The van der Waals surface area contributed by atoms with Crippen LogP contribution in [0.3, 0.4) is 0 Å². The van der Waals surface area contributed by atoms with Gasteiger partial charge < -0.3 is 9.47 Å². The summed E-state index contributed by atoms with van der Waals surface area (Å²) in [7, 11) is 1.81. The van der Waals surface area contributed by atoms with Gasteiger partial charge in [-0.3, -0.25) is 0 Å². The second-order valence-electron chi connectivity index (χ2n) is 6.30. The van der Waals surface area contributed by atoms with E-state index in [9.17, 15) is 0 Å². The molecule has 2 heteroatoms. The third-order valence-electron chi connectivity index (χ3n) is 4.99. The fourth-order valence-electron chi connectivity index (χ4n) is 3.88. The maximum Gasteiger partial charge on any atom is 0.0640 e. The molecule has 2 rings (SSSR count). The molecule has 1 saturated carbocycles. The van der Waals surface area contributed by atoms with E-state index in [4.69, 9.17) is 9.47 Å². The molecular weight excluding hydrogens is 212 g/mol. The van der Waals surface area contributed by atoms with E-state index < -0.39 is 0 Å². The summed E-state index contributed by atoms with van der Waals surface area (Å²) in [5.41, 5.74) is 0. The molecule has 0 aromatic carbocycles. The monoisotopic (exact) mass is 240 g/mol. The summed E-state index contributed by atoms with van der Waals surface area (Å²) in [4.78, 5) is 0. The molecule has 0 bridgehead atoms. The van der Waals surface area contributed by atoms with Crippen molar-refractivity contribution in [2.75, 3.05) is 13.7 Å². The van der Waals surface area contributed by atoms with Crippen molar-refractivity contribution in [2.45, 2.75) is 58.7 Å². The van der Waals surface area contributed by atoms with Crippen LogP contribution in [0.2, 0.25) is 0 Å². The van der Waals surface area contributed by atoms with Gasteiger partial charge in [-0.05, 0) is 56.3 Å². The highest BCUT2D eigenvalue weighted by atomic mass is 16.5. The molecule has 0 N–H and O–H groups in total. The van der Waals surface area contributed by atoms with E-state index in [1.54, 1.807) is 0 Å². The van der Waals surface area contributed by atoms with Crippen LogP contribution in [-0.4, -0.2) is 25.9 Å². The van der Waals surface area contributed by atoms with Crippen LogP contribution in [0.1, 0.15) is 46.5 Å². The third kappa shape index (κ3) is 2.85. The fraction of sp³-hybridized carbons (Fsp3) is 1.00. The van der Waals surface area contributed by atoms with Gasteiger partial charge in [0, 0.05) is 13.7 Å². The van der Waals surface area contributed by atoms with Crippen molar-refractivity contribution in [1.29, 1.82) is 0 Å². The summed E-state index contributed by atoms with van der Waals surface area (Å²) in [6, 6.07) is 0. The molecule has 1 saturated heterocycles. The topological polar surface area (TPSA) is 18.5 Å². The molecule has 1 aliphatic carbocycles. The van der Waals surface area contributed by atoms with Crippen LogP contribution in [0.15, 0.2) is 0 Å². The third-order valence-corrected chi connectivity index (χ3v) is 4.99. The first kappa shape index (κ1) is 13.4. The average molecular weight is 240 g/mol. The van der Waals surface area contributed by atoms with Crippen molar-refractivity contribution in [3.05, 3.63) is 0 Å². The number of hydrogen-bond donors (Lipinski definition) is 0. The van der Waals surface area contributed by atoms with Crippen LogP contribution in [-0.2, 0) is 9.47 Å². The van der Waals surface area contributed by atoms with Crippen molar-refractivity contribution in [1.82, 2.24) is 0 Å². The Bertz CT molecular complexity index is 241. The van der Waals surface area contributed by atoms with E-state index in [0.29, 0.717) is 24.0 Å². The summed E-state index contributed by atoms with van der Waals surface area (Å²) in [6.45, 7) is 7.84. The summed E-state index contributed by atoms with van der Waals surface area (Å²) in [5, 5.41) is 0. The Balaban J connectivity index is 2.06. The Morgan fingerprint density at radius 3 is 2.65 bits per heavy atom. The normalized spacial score (nSPS) is 44.1. The first-order valence-electron chi connectivity index (χ1n) is 7.27. The minimum atomic E-state index is 0.457. The van der Waals surface area contributed by atoms with E-state index in [-0.39, 0.29) is 0 Å². The Kier molecular flexibility index (Phi) is 4.48. The molecule has 1 aliphatic heterocycles. The van der Waals surface area contributed by atoms with E-state index >= 15 is 0 Å². The molecule has 5 unspecified atom stereocenters. The Morgan fingerprint density at radius 2 is 1.94 bits per heavy atom. The highest BCUT2D eigenvalue weighted by Crippen LogP contribution is 2.44. The van der Waals surface area contributed by atoms with Crippen LogP contribution in [0.25, 0.3) is 0 Å². The number of methoxy groups -OCH3 is 1. The molecule has 2 aliphatic rings. The molecule has 0 aromatic heterocycles. The first-order chi connectivity index (χ1) is 8.13. The fourth-order valence-corrected chi connectivity index (χ4v) is 3.88. The van der Waals surface area contributed by atoms with Gasteiger partial charge in [-0.15, -0.1) is 0 Å². The van der Waals surface area contributed by atoms with Gasteiger partial charge in [0.1, 0.15) is 0 Å². The maximum atomic E-state index is 6.29. The lowest BCUT2D eigenvalue weighted by Crippen LogP contribution is -2.47. The second-order valence-corrected chi connectivity index (χ2v) is 6.30. The standard InChI is InChI=1S/C15H28O2/c1-10-5-7-14(11(2)9-16-4)15-13(10)8-6-12(3)17-15/h10-15H,5-9H2,1-4H3/t10-,11?,12?,13?,14?,15?/m1/s1. The van der Waals surface area contributed by atoms with E-state index in [2.05, 4.69) is 20.8 Å². The SMILES string of the molecule is COCC(C)C1CC[C@@H](C)C2CCC(C)OC12. The average Bonchev–Trinajstić information content (AvgIpc) is 2.29. The molecule has 6 atom stereocenters. The van der Waals surface area contributed by atoms with E-state index in [1.165, 1.54) is 25.7 Å². The summed E-state index contributed by atoms with van der Waals surface area (Å²) < 4.78 is 11.6. The minimum Gasteiger partial charge on any atom is -0.384 e. The molecule has 17 heavy (non-hydrogen) atoms. The Morgan fingerprint density at radius 1 is 1.18 bits per heavy atom. The molecule has 2 nitrogen and oxygen atoms in total. The van der Waals surface area contributed by atoms with Crippen molar-refractivity contribution in [3.63, 3.8) is 0 Å². The Hall–Kier alpha value is -0.0800. The quantitative estimate of drug-likeness (QED) is 0.751. The lowest BCUT2D eigenvalue weighted by Gasteiger charge is -2.48. The lowest BCUT2D eigenvalue weighted by molar-refractivity contribution is -0.147. The molecule has 1 heterocycles. The Labute approximate surface area is 106 Å². The van der Waals surface area contributed by atoms with Gasteiger partial charge in [-0.1, -0.05) is 13.8 Å². The van der Waals surface area contributed by atoms with Crippen LogP contribution in [0.5, 0.6) is 0 Å². The zero-order valence-corrected chi connectivity index (χ0v) is 11.8. The van der Waals surface area contributed by atoms with E-state index in [0.717, 1.165) is 18.4 Å². The molecule has 100 valence electrons. The van der Waals surface area contributed by atoms with Gasteiger partial charge in [-0.2, -0.15) is 0 Å².